The van der Waals surface area contributed by atoms with Gasteiger partial charge in [-0.3, -0.25) is 0 Å². The lowest BCUT2D eigenvalue weighted by Crippen LogP contribution is -2.21. The molecular formula is C14H10Br2F3N. The van der Waals surface area contributed by atoms with Crippen LogP contribution in [0.15, 0.2) is 39.3 Å². The molecule has 0 aromatic heterocycles. The van der Waals surface area contributed by atoms with E-state index < -0.39 is 23.5 Å². The Morgan fingerprint density at radius 2 is 1.60 bits per heavy atom. The average Bonchev–Trinajstić information content (AvgIpc) is 2.37. The van der Waals surface area contributed by atoms with Crippen LogP contribution in [0.2, 0.25) is 0 Å². The first-order valence-corrected chi connectivity index (χ1v) is 7.29. The van der Waals surface area contributed by atoms with Crippen LogP contribution in [-0.2, 0) is 0 Å². The number of hydrogen-bond donors (Lipinski definition) is 1. The third-order valence-corrected chi connectivity index (χ3v) is 4.11. The highest BCUT2D eigenvalue weighted by atomic mass is 79.9. The molecule has 1 unspecified atom stereocenters. The predicted molar refractivity (Wildman–Crippen MR) is 79.1 cm³/mol. The topological polar surface area (TPSA) is 12.0 Å². The van der Waals surface area contributed by atoms with Crippen LogP contribution in [0.4, 0.5) is 13.2 Å². The molecule has 2 aromatic carbocycles. The second kappa shape index (κ2) is 6.28. The van der Waals surface area contributed by atoms with E-state index in [-0.39, 0.29) is 5.56 Å². The van der Waals surface area contributed by atoms with E-state index in [4.69, 9.17) is 0 Å². The van der Waals surface area contributed by atoms with E-state index in [1.54, 1.807) is 25.2 Å². The molecule has 0 fully saturated rings. The molecule has 0 saturated carbocycles. The average molecular weight is 409 g/mol. The van der Waals surface area contributed by atoms with E-state index in [0.29, 0.717) is 22.2 Å². The molecule has 0 aliphatic heterocycles. The molecule has 0 aliphatic rings. The van der Waals surface area contributed by atoms with E-state index in [0.717, 1.165) is 4.47 Å². The number of rotatable bonds is 3. The molecule has 0 radical (unpaired) electrons. The SMILES string of the molecule is CNC(c1cc(Br)ccc1Br)c1c(F)cc(F)cc1F. The standard InChI is InChI=1S/C14H10Br2F3N/c1-20-14(9-4-7(15)2-3-10(9)16)13-11(18)5-8(17)6-12(13)19/h2-6,14,20H,1H3. The van der Waals surface area contributed by atoms with E-state index in [2.05, 4.69) is 37.2 Å². The Balaban J connectivity index is 2.61. The van der Waals surface area contributed by atoms with Crippen molar-refractivity contribution >= 4 is 31.9 Å². The summed E-state index contributed by atoms with van der Waals surface area (Å²) in [5, 5.41) is 2.85. The van der Waals surface area contributed by atoms with Gasteiger partial charge in [-0.15, -0.1) is 0 Å². The highest BCUT2D eigenvalue weighted by molar-refractivity contribution is 9.11. The van der Waals surface area contributed by atoms with Crippen molar-refractivity contribution in [2.75, 3.05) is 7.05 Å². The highest BCUT2D eigenvalue weighted by Gasteiger charge is 2.23. The van der Waals surface area contributed by atoms with Gasteiger partial charge in [0.25, 0.3) is 0 Å². The second-order valence-electron chi connectivity index (χ2n) is 4.17. The van der Waals surface area contributed by atoms with Crippen LogP contribution in [0.1, 0.15) is 17.2 Å². The fraction of sp³-hybridized carbons (Fsp3) is 0.143. The summed E-state index contributed by atoms with van der Waals surface area (Å²) in [6, 6.07) is 5.93. The Hall–Kier alpha value is -0.850. The van der Waals surface area contributed by atoms with Gasteiger partial charge in [0.05, 0.1) is 6.04 Å². The van der Waals surface area contributed by atoms with Crippen molar-refractivity contribution < 1.29 is 13.2 Å². The lowest BCUT2D eigenvalue weighted by atomic mass is 9.97. The molecule has 20 heavy (non-hydrogen) atoms. The van der Waals surface area contributed by atoms with Crippen LogP contribution < -0.4 is 5.32 Å². The minimum Gasteiger partial charge on any atom is -0.309 e. The molecule has 0 bridgehead atoms. The van der Waals surface area contributed by atoms with Gasteiger partial charge in [-0.1, -0.05) is 31.9 Å². The maximum atomic E-state index is 13.9. The molecule has 1 atom stereocenters. The van der Waals surface area contributed by atoms with Gasteiger partial charge < -0.3 is 5.32 Å². The van der Waals surface area contributed by atoms with Crippen molar-refractivity contribution in [3.63, 3.8) is 0 Å². The number of nitrogens with one attached hydrogen (secondary N) is 1. The van der Waals surface area contributed by atoms with E-state index in [9.17, 15) is 13.2 Å². The summed E-state index contributed by atoms with van der Waals surface area (Å²) in [6.07, 6.45) is 0. The Morgan fingerprint density at radius 1 is 1.00 bits per heavy atom. The molecular weight excluding hydrogens is 399 g/mol. The number of hydrogen-bond acceptors (Lipinski definition) is 1. The van der Waals surface area contributed by atoms with Crippen LogP contribution in [0.3, 0.4) is 0 Å². The summed E-state index contributed by atoms with van der Waals surface area (Å²) in [5.74, 6) is -2.78. The maximum absolute atomic E-state index is 13.9. The molecule has 0 saturated heterocycles. The molecule has 6 heteroatoms. The van der Waals surface area contributed by atoms with Crippen LogP contribution in [0.25, 0.3) is 0 Å². The fourth-order valence-corrected chi connectivity index (χ4v) is 2.87. The second-order valence-corrected chi connectivity index (χ2v) is 5.94. The van der Waals surface area contributed by atoms with Crippen molar-refractivity contribution in [3.8, 4) is 0 Å². The first-order chi connectivity index (χ1) is 9.43. The van der Waals surface area contributed by atoms with Crippen LogP contribution in [-0.4, -0.2) is 7.05 Å². The molecule has 1 N–H and O–H groups in total. The van der Waals surface area contributed by atoms with Crippen molar-refractivity contribution in [1.82, 2.24) is 5.32 Å². The maximum Gasteiger partial charge on any atom is 0.134 e. The van der Waals surface area contributed by atoms with Gasteiger partial charge in [0.15, 0.2) is 0 Å². The first-order valence-electron chi connectivity index (χ1n) is 5.70. The molecule has 0 amide bonds. The minimum atomic E-state index is -0.938. The van der Waals surface area contributed by atoms with Gasteiger partial charge in [-0.2, -0.15) is 0 Å². The van der Waals surface area contributed by atoms with Crippen LogP contribution >= 0.6 is 31.9 Å². The lowest BCUT2D eigenvalue weighted by molar-refractivity contribution is 0.499. The fourth-order valence-electron chi connectivity index (χ4n) is 2.02. The smallest absolute Gasteiger partial charge is 0.134 e. The zero-order valence-electron chi connectivity index (χ0n) is 10.4. The zero-order valence-corrected chi connectivity index (χ0v) is 13.5. The van der Waals surface area contributed by atoms with Crippen molar-refractivity contribution in [2.45, 2.75) is 6.04 Å². The van der Waals surface area contributed by atoms with Crippen molar-refractivity contribution in [1.29, 1.82) is 0 Å². The summed E-state index contributed by atoms with van der Waals surface area (Å²) in [7, 11) is 1.58. The van der Waals surface area contributed by atoms with Crippen LogP contribution in [0.5, 0.6) is 0 Å². The molecule has 0 aliphatic carbocycles. The summed E-state index contributed by atoms with van der Waals surface area (Å²) in [6.45, 7) is 0. The Labute approximate surface area is 131 Å². The summed E-state index contributed by atoms with van der Waals surface area (Å²) in [4.78, 5) is 0. The highest BCUT2D eigenvalue weighted by Crippen LogP contribution is 2.33. The third-order valence-electron chi connectivity index (χ3n) is 2.89. The van der Waals surface area contributed by atoms with Crippen molar-refractivity contribution in [2.24, 2.45) is 0 Å². The van der Waals surface area contributed by atoms with E-state index >= 15 is 0 Å². The van der Waals surface area contributed by atoms with E-state index in [1.807, 2.05) is 0 Å². The van der Waals surface area contributed by atoms with Gasteiger partial charge in [0.2, 0.25) is 0 Å². The minimum absolute atomic E-state index is 0.215. The summed E-state index contributed by atoms with van der Waals surface area (Å²) >= 11 is 6.67. The molecule has 106 valence electrons. The van der Waals surface area contributed by atoms with Crippen molar-refractivity contribution in [3.05, 3.63) is 67.9 Å². The zero-order chi connectivity index (χ0) is 14.9. The molecule has 0 heterocycles. The monoisotopic (exact) mass is 407 g/mol. The normalized spacial score (nSPS) is 12.5. The lowest BCUT2D eigenvalue weighted by Gasteiger charge is -2.20. The summed E-state index contributed by atoms with van der Waals surface area (Å²) in [5.41, 5.74) is 0.430. The molecule has 1 nitrogen and oxygen atoms in total. The quantitative estimate of drug-likeness (QED) is 0.758. The third kappa shape index (κ3) is 3.07. The molecule has 0 spiro atoms. The largest absolute Gasteiger partial charge is 0.309 e. The first kappa shape index (κ1) is 15.5. The predicted octanol–water partition coefficient (Wildman–Crippen LogP) is 4.94. The Bertz CT molecular complexity index is 623. The number of halogens is 5. The van der Waals surface area contributed by atoms with E-state index in [1.165, 1.54) is 0 Å². The van der Waals surface area contributed by atoms with Crippen LogP contribution in [0, 0.1) is 17.5 Å². The summed E-state index contributed by atoms with van der Waals surface area (Å²) < 4.78 is 42.3. The van der Waals surface area contributed by atoms with Gasteiger partial charge in [0, 0.05) is 26.6 Å². The van der Waals surface area contributed by atoms with Gasteiger partial charge in [0.1, 0.15) is 17.5 Å². The van der Waals surface area contributed by atoms with Gasteiger partial charge in [-0.05, 0) is 30.8 Å². The molecule has 2 rings (SSSR count). The van der Waals surface area contributed by atoms with Gasteiger partial charge in [-0.25, -0.2) is 13.2 Å². The van der Waals surface area contributed by atoms with Gasteiger partial charge >= 0.3 is 0 Å². The Morgan fingerprint density at radius 3 is 2.15 bits per heavy atom. The Kier molecular flexibility index (Phi) is 4.88. The number of benzene rings is 2. The molecule has 2 aromatic rings.